The van der Waals surface area contributed by atoms with Gasteiger partial charge in [-0.1, -0.05) is 78.9 Å². The Balaban J connectivity index is 1.08. The average molecular weight is 717 g/mol. The Labute approximate surface area is 322 Å². The van der Waals surface area contributed by atoms with E-state index in [-0.39, 0.29) is 0 Å². The van der Waals surface area contributed by atoms with E-state index in [0.29, 0.717) is 0 Å². The van der Waals surface area contributed by atoms with Crippen LogP contribution in [0.2, 0.25) is 0 Å². The van der Waals surface area contributed by atoms with Gasteiger partial charge in [-0.15, -0.1) is 0 Å². The molecule has 6 heteroatoms. The first kappa shape index (κ1) is 31.8. The lowest BCUT2D eigenvalue weighted by Gasteiger charge is -2.12. The van der Waals surface area contributed by atoms with E-state index in [1.165, 1.54) is 21.8 Å². The summed E-state index contributed by atoms with van der Waals surface area (Å²) >= 11 is 0. The summed E-state index contributed by atoms with van der Waals surface area (Å²) in [6.07, 6.45) is 5.48. The van der Waals surface area contributed by atoms with Crippen LogP contribution in [-0.4, -0.2) is 29.1 Å². The van der Waals surface area contributed by atoms with E-state index < -0.39 is 0 Å². The number of nitrogens with zero attached hydrogens (tertiary/aromatic N) is 6. The molecule has 262 valence electrons. The molecule has 6 aromatic heterocycles. The number of fused-ring (bicyclic) bond motifs is 6. The van der Waals surface area contributed by atoms with E-state index in [9.17, 15) is 0 Å². The molecule has 0 fully saturated rings. The third-order valence-electron chi connectivity index (χ3n) is 10.7. The Morgan fingerprint density at radius 2 is 0.929 bits per heavy atom. The van der Waals surface area contributed by atoms with Gasteiger partial charge in [0.2, 0.25) is 0 Å². The molecule has 0 saturated carbocycles. The summed E-state index contributed by atoms with van der Waals surface area (Å²) in [7, 11) is 0. The van der Waals surface area contributed by atoms with Crippen LogP contribution >= 0.6 is 0 Å². The van der Waals surface area contributed by atoms with Crippen molar-refractivity contribution < 1.29 is 0 Å². The van der Waals surface area contributed by atoms with Crippen molar-refractivity contribution in [1.29, 1.82) is 0 Å². The van der Waals surface area contributed by atoms with Gasteiger partial charge in [0.1, 0.15) is 5.65 Å². The van der Waals surface area contributed by atoms with Crippen molar-refractivity contribution in [2.45, 2.75) is 0 Å². The quantitative estimate of drug-likeness (QED) is 0.172. The molecular formula is C50H32N6. The zero-order valence-electron chi connectivity index (χ0n) is 30.2. The van der Waals surface area contributed by atoms with Gasteiger partial charge in [-0.05, 0) is 119 Å². The molecule has 0 bridgehead atoms. The molecule has 11 rings (SSSR count). The molecule has 5 aromatic carbocycles. The van der Waals surface area contributed by atoms with Crippen molar-refractivity contribution >= 4 is 43.7 Å². The highest BCUT2D eigenvalue weighted by Crippen LogP contribution is 2.38. The van der Waals surface area contributed by atoms with E-state index in [0.717, 1.165) is 78.3 Å². The third-order valence-corrected chi connectivity index (χ3v) is 10.7. The van der Waals surface area contributed by atoms with Crippen molar-refractivity contribution in [1.82, 2.24) is 29.1 Å². The zero-order chi connectivity index (χ0) is 37.0. The topological polar surface area (TPSA) is 61.4 Å². The standard InChI is InChI=1S/C50H32N6/c1-2-13-37(14-3-1)55-47-20-5-4-16-39(47)42-29-34(22-24-48(42)55)35-21-23-40-41-17-11-27-53-50(41)56(49(40)32-35)38-15-10-12-33(28-38)36-30-45(43-18-6-8-25-51-43)54-46(31-36)44-19-7-9-26-52-44/h1-32H. The Morgan fingerprint density at radius 1 is 0.304 bits per heavy atom. The van der Waals surface area contributed by atoms with Crippen molar-refractivity contribution in [3.8, 4) is 56.4 Å². The SMILES string of the molecule is c1ccc(-n2c3ccccc3c3cc(-c4ccc5c6cccnc6n(-c6cccc(-c7cc(-c8ccccn8)nc(-c8ccccn8)c7)c6)c5c4)ccc32)cc1. The number of rotatable bonds is 6. The fourth-order valence-corrected chi connectivity index (χ4v) is 8.11. The molecule has 0 radical (unpaired) electrons. The van der Waals surface area contributed by atoms with Gasteiger partial charge in [0.15, 0.2) is 0 Å². The van der Waals surface area contributed by atoms with Crippen LogP contribution in [0.3, 0.4) is 0 Å². The van der Waals surface area contributed by atoms with Crippen LogP contribution in [0, 0.1) is 0 Å². The molecule has 0 aliphatic carbocycles. The number of aromatic nitrogens is 6. The molecule has 0 atom stereocenters. The van der Waals surface area contributed by atoms with E-state index in [2.05, 4.69) is 153 Å². The van der Waals surface area contributed by atoms with Gasteiger partial charge in [-0.2, -0.15) is 0 Å². The van der Waals surface area contributed by atoms with Gasteiger partial charge in [0.25, 0.3) is 0 Å². The monoisotopic (exact) mass is 716 g/mol. The van der Waals surface area contributed by atoms with E-state index >= 15 is 0 Å². The minimum atomic E-state index is 0.793. The molecule has 0 N–H and O–H groups in total. The van der Waals surface area contributed by atoms with Crippen LogP contribution in [0.1, 0.15) is 0 Å². The molecule has 11 aromatic rings. The number of hydrogen-bond acceptors (Lipinski definition) is 4. The Kier molecular flexibility index (Phi) is 7.38. The van der Waals surface area contributed by atoms with Crippen LogP contribution < -0.4 is 0 Å². The first-order valence-electron chi connectivity index (χ1n) is 18.7. The lowest BCUT2D eigenvalue weighted by Crippen LogP contribution is -1.97. The van der Waals surface area contributed by atoms with Crippen molar-refractivity contribution in [3.63, 3.8) is 0 Å². The summed E-state index contributed by atoms with van der Waals surface area (Å²) in [5.74, 6) is 0. The Morgan fingerprint density at radius 3 is 1.71 bits per heavy atom. The molecule has 0 unspecified atom stereocenters. The number of para-hydroxylation sites is 2. The number of pyridine rings is 4. The molecule has 6 heterocycles. The second-order valence-corrected chi connectivity index (χ2v) is 14.0. The minimum Gasteiger partial charge on any atom is -0.309 e. The molecule has 0 amide bonds. The van der Waals surface area contributed by atoms with Gasteiger partial charge < -0.3 is 4.57 Å². The second kappa shape index (κ2) is 13.0. The highest BCUT2D eigenvalue weighted by Gasteiger charge is 2.18. The van der Waals surface area contributed by atoms with Crippen LogP contribution in [0.25, 0.3) is 100 Å². The Bertz CT molecular complexity index is 3180. The first-order chi connectivity index (χ1) is 27.8. The predicted octanol–water partition coefficient (Wildman–Crippen LogP) is 12.1. The van der Waals surface area contributed by atoms with Crippen LogP contribution in [0.15, 0.2) is 195 Å². The molecule has 56 heavy (non-hydrogen) atoms. The average Bonchev–Trinajstić information content (AvgIpc) is 3.79. The first-order valence-corrected chi connectivity index (χ1v) is 18.7. The van der Waals surface area contributed by atoms with E-state index in [1.807, 2.05) is 48.7 Å². The second-order valence-electron chi connectivity index (χ2n) is 14.0. The number of hydrogen-bond donors (Lipinski definition) is 0. The van der Waals surface area contributed by atoms with Gasteiger partial charge in [-0.25, -0.2) is 9.97 Å². The summed E-state index contributed by atoms with van der Waals surface area (Å²) in [6.45, 7) is 0. The van der Waals surface area contributed by atoms with Crippen molar-refractivity contribution in [3.05, 3.63) is 195 Å². The molecule has 6 nitrogen and oxygen atoms in total. The van der Waals surface area contributed by atoms with Gasteiger partial charge in [-0.3, -0.25) is 14.5 Å². The maximum absolute atomic E-state index is 5.00. The minimum absolute atomic E-state index is 0.793. The van der Waals surface area contributed by atoms with E-state index in [4.69, 9.17) is 9.97 Å². The highest BCUT2D eigenvalue weighted by atomic mass is 15.0. The lowest BCUT2D eigenvalue weighted by atomic mass is 10.0. The van der Waals surface area contributed by atoms with Gasteiger partial charge in [0, 0.05) is 51.5 Å². The Hall–Kier alpha value is -7.70. The smallest absolute Gasteiger partial charge is 0.145 e. The highest BCUT2D eigenvalue weighted by molar-refractivity contribution is 6.12. The van der Waals surface area contributed by atoms with Crippen LogP contribution in [0.5, 0.6) is 0 Å². The molecule has 0 saturated heterocycles. The largest absolute Gasteiger partial charge is 0.309 e. The van der Waals surface area contributed by atoms with Crippen molar-refractivity contribution in [2.24, 2.45) is 0 Å². The molecule has 0 aliphatic heterocycles. The maximum atomic E-state index is 5.00. The summed E-state index contributed by atoms with van der Waals surface area (Å²) < 4.78 is 4.65. The van der Waals surface area contributed by atoms with Crippen LogP contribution in [-0.2, 0) is 0 Å². The molecular weight excluding hydrogens is 685 g/mol. The van der Waals surface area contributed by atoms with Gasteiger partial charge >= 0.3 is 0 Å². The van der Waals surface area contributed by atoms with Crippen molar-refractivity contribution in [2.75, 3.05) is 0 Å². The fraction of sp³-hybridized carbons (Fsp3) is 0. The lowest BCUT2D eigenvalue weighted by molar-refractivity contribution is 1.14. The predicted molar refractivity (Wildman–Crippen MR) is 228 cm³/mol. The van der Waals surface area contributed by atoms with Crippen LogP contribution in [0.4, 0.5) is 0 Å². The number of benzene rings is 5. The normalized spacial score (nSPS) is 11.6. The zero-order valence-corrected chi connectivity index (χ0v) is 30.2. The summed E-state index contributed by atoms with van der Waals surface area (Å²) in [4.78, 5) is 19.2. The maximum Gasteiger partial charge on any atom is 0.145 e. The van der Waals surface area contributed by atoms with E-state index in [1.54, 1.807) is 12.4 Å². The summed E-state index contributed by atoms with van der Waals surface area (Å²) in [5.41, 5.74) is 14.2. The molecule has 0 spiro atoms. The molecule has 0 aliphatic rings. The summed E-state index contributed by atoms with van der Waals surface area (Å²) in [5, 5.41) is 4.73. The third kappa shape index (κ3) is 5.27. The summed E-state index contributed by atoms with van der Waals surface area (Å²) in [6, 6.07) is 61.8. The van der Waals surface area contributed by atoms with Gasteiger partial charge in [0.05, 0.1) is 39.3 Å². The fourth-order valence-electron chi connectivity index (χ4n) is 8.11.